The highest BCUT2D eigenvalue weighted by Crippen LogP contribution is 2.32. The van der Waals surface area contributed by atoms with Crippen molar-refractivity contribution in [1.82, 2.24) is 9.96 Å². The van der Waals surface area contributed by atoms with Crippen LogP contribution in [0, 0.1) is 0 Å². The average molecular weight is 247 g/mol. The Morgan fingerprint density at radius 1 is 1.11 bits per heavy atom. The molecular formula is C15H23N2O. The van der Waals surface area contributed by atoms with E-state index in [1.54, 1.807) is 0 Å². The Balaban J connectivity index is 2.28. The molecule has 99 valence electrons. The van der Waals surface area contributed by atoms with E-state index >= 15 is 0 Å². The van der Waals surface area contributed by atoms with E-state index in [9.17, 15) is 5.21 Å². The molecule has 1 saturated heterocycles. The van der Waals surface area contributed by atoms with E-state index in [0.29, 0.717) is 0 Å². The number of hydrogen-bond donors (Lipinski definition) is 0. The Bertz CT molecular complexity index is 366. The summed E-state index contributed by atoms with van der Waals surface area (Å²) in [6.07, 6.45) is 2.25. The minimum absolute atomic E-state index is 0.145. The Morgan fingerprint density at radius 3 is 2.17 bits per heavy atom. The highest BCUT2D eigenvalue weighted by Gasteiger charge is 2.35. The summed E-state index contributed by atoms with van der Waals surface area (Å²) in [6, 6.07) is 10.1. The first-order chi connectivity index (χ1) is 8.50. The van der Waals surface area contributed by atoms with Crippen LogP contribution < -0.4 is 0 Å². The first kappa shape index (κ1) is 13.5. The molecule has 0 saturated carbocycles. The molecule has 1 aliphatic rings. The lowest BCUT2D eigenvalue weighted by Gasteiger charge is -2.39. The zero-order valence-electron chi connectivity index (χ0n) is 11.6. The number of hydroxylamine groups is 2. The van der Waals surface area contributed by atoms with Crippen molar-refractivity contribution in [2.24, 2.45) is 0 Å². The fourth-order valence-electron chi connectivity index (χ4n) is 2.47. The molecule has 1 atom stereocenters. The molecule has 0 N–H and O–H groups in total. The van der Waals surface area contributed by atoms with Crippen LogP contribution in [0.25, 0.3) is 0 Å². The van der Waals surface area contributed by atoms with Crippen molar-refractivity contribution in [3.63, 3.8) is 0 Å². The van der Waals surface area contributed by atoms with Crippen molar-refractivity contribution in [2.45, 2.75) is 45.3 Å². The largest absolute Gasteiger partial charge is 0.282 e. The van der Waals surface area contributed by atoms with Gasteiger partial charge in [-0.25, -0.2) is 0 Å². The molecular weight excluding hydrogens is 224 g/mol. The van der Waals surface area contributed by atoms with Gasteiger partial charge in [-0.1, -0.05) is 30.3 Å². The molecule has 0 bridgehead atoms. The molecule has 3 nitrogen and oxygen atoms in total. The number of rotatable bonds is 3. The van der Waals surface area contributed by atoms with Gasteiger partial charge in [0.25, 0.3) is 0 Å². The topological polar surface area (TPSA) is 26.4 Å². The van der Waals surface area contributed by atoms with E-state index in [1.807, 2.05) is 39.0 Å². The van der Waals surface area contributed by atoms with Gasteiger partial charge in [0.1, 0.15) is 6.17 Å². The number of hydrogen-bond acceptors (Lipinski definition) is 2. The number of benzene rings is 1. The summed E-state index contributed by atoms with van der Waals surface area (Å²) in [5, 5.41) is 13.9. The maximum absolute atomic E-state index is 12.6. The van der Waals surface area contributed by atoms with E-state index < -0.39 is 0 Å². The lowest BCUT2D eigenvalue weighted by molar-refractivity contribution is -0.270. The molecule has 1 aromatic rings. The quantitative estimate of drug-likeness (QED) is 0.767. The van der Waals surface area contributed by atoms with Crippen molar-refractivity contribution in [2.75, 3.05) is 13.1 Å². The van der Waals surface area contributed by atoms with E-state index in [0.717, 1.165) is 18.7 Å². The summed E-state index contributed by atoms with van der Waals surface area (Å²) in [5.74, 6) is 0. The summed E-state index contributed by atoms with van der Waals surface area (Å²) < 4.78 is 0. The van der Waals surface area contributed by atoms with Gasteiger partial charge in [-0.3, -0.25) is 4.90 Å². The maximum atomic E-state index is 12.6. The number of likely N-dealkylation sites (tertiary alicyclic amines) is 1. The third-order valence-electron chi connectivity index (χ3n) is 3.47. The van der Waals surface area contributed by atoms with Crippen molar-refractivity contribution >= 4 is 0 Å². The standard InChI is InChI=1S/C15H23N2O/c1-15(2,3)17(18)14(16-11-7-8-12-16)13-9-5-4-6-10-13/h4-6,9-10,14H,7-8,11-12H2,1-3H3. The van der Waals surface area contributed by atoms with Crippen molar-refractivity contribution in [3.8, 4) is 0 Å². The van der Waals surface area contributed by atoms with Gasteiger partial charge in [-0.05, 0) is 39.2 Å². The SMILES string of the molecule is CC(C)(C)N([O])C(c1ccccc1)N1CCCC1. The highest BCUT2D eigenvalue weighted by molar-refractivity contribution is 5.19. The second-order valence-electron chi connectivity index (χ2n) is 6.02. The zero-order valence-corrected chi connectivity index (χ0v) is 11.6. The summed E-state index contributed by atoms with van der Waals surface area (Å²) >= 11 is 0. The predicted molar refractivity (Wildman–Crippen MR) is 72.3 cm³/mol. The summed E-state index contributed by atoms with van der Waals surface area (Å²) in [5.41, 5.74) is 0.729. The van der Waals surface area contributed by atoms with E-state index in [4.69, 9.17) is 0 Å². The molecule has 1 aromatic carbocycles. The van der Waals surface area contributed by atoms with Crippen molar-refractivity contribution in [1.29, 1.82) is 0 Å². The highest BCUT2D eigenvalue weighted by atomic mass is 16.5. The Hall–Kier alpha value is -0.900. The smallest absolute Gasteiger partial charge is 0.116 e. The van der Waals surface area contributed by atoms with E-state index in [1.165, 1.54) is 17.9 Å². The van der Waals surface area contributed by atoms with Gasteiger partial charge >= 0.3 is 0 Å². The van der Waals surface area contributed by atoms with Crippen LogP contribution in [0.3, 0.4) is 0 Å². The second kappa shape index (κ2) is 5.39. The van der Waals surface area contributed by atoms with Gasteiger partial charge < -0.3 is 0 Å². The van der Waals surface area contributed by atoms with E-state index in [2.05, 4.69) is 17.0 Å². The molecule has 0 spiro atoms. The molecule has 0 amide bonds. The summed E-state index contributed by atoms with van der Waals surface area (Å²) in [6.45, 7) is 7.98. The third kappa shape index (κ3) is 2.91. The lowest BCUT2D eigenvalue weighted by Crippen LogP contribution is -2.47. The molecule has 1 unspecified atom stereocenters. The third-order valence-corrected chi connectivity index (χ3v) is 3.47. The molecule has 1 aliphatic heterocycles. The van der Waals surface area contributed by atoms with Gasteiger partial charge in [0, 0.05) is 18.6 Å². The van der Waals surface area contributed by atoms with Crippen LogP contribution in [-0.2, 0) is 5.21 Å². The molecule has 18 heavy (non-hydrogen) atoms. The Morgan fingerprint density at radius 2 is 1.67 bits per heavy atom. The minimum Gasteiger partial charge on any atom is -0.282 e. The fraction of sp³-hybridized carbons (Fsp3) is 0.600. The number of nitrogens with zero attached hydrogens (tertiary/aromatic N) is 2. The van der Waals surface area contributed by atoms with Crippen LogP contribution >= 0.6 is 0 Å². The van der Waals surface area contributed by atoms with Gasteiger partial charge in [0.15, 0.2) is 0 Å². The molecule has 1 fully saturated rings. The van der Waals surface area contributed by atoms with Crippen molar-refractivity contribution < 1.29 is 5.21 Å². The van der Waals surface area contributed by atoms with Crippen LogP contribution in [0.4, 0.5) is 0 Å². The average Bonchev–Trinajstić information content (AvgIpc) is 2.83. The Kier molecular flexibility index (Phi) is 4.05. The summed E-state index contributed by atoms with van der Waals surface area (Å²) in [7, 11) is 0. The molecule has 0 aliphatic carbocycles. The normalized spacial score (nSPS) is 19.4. The second-order valence-corrected chi connectivity index (χ2v) is 6.02. The summed E-state index contributed by atoms with van der Waals surface area (Å²) in [4.78, 5) is 2.30. The fourth-order valence-corrected chi connectivity index (χ4v) is 2.47. The van der Waals surface area contributed by atoms with Gasteiger partial charge in [0.2, 0.25) is 0 Å². The molecule has 1 heterocycles. The maximum Gasteiger partial charge on any atom is 0.116 e. The molecule has 2 rings (SSSR count). The van der Waals surface area contributed by atoms with Gasteiger partial charge in [-0.2, -0.15) is 0 Å². The molecule has 0 aromatic heterocycles. The van der Waals surface area contributed by atoms with Crippen LogP contribution in [0.5, 0.6) is 0 Å². The monoisotopic (exact) mass is 247 g/mol. The minimum atomic E-state index is -0.372. The molecule has 1 radical (unpaired) electrons. The first-order valence-corrected chi connectivity index (χ1v) is 6.75. The Labute approximate surface area is 110 Å². The van der Waals surface area contributed by atoms with Crippen LogP contribution in [0.2, 0.25) is 0 Å². The zero-order chi connectivity index (χ0) is 13.2. The van der Waals surface area contributed by atoms with Crippen LogP contribution in [0.1, 0.15) is 45.3 Å². The molecule has 3 heteroatoms. The van der Waals surface area contributed by atoms with Crippen molar-refractivity contribution in [3.05, 3.63) is 35.9 Å². The van der Waals surface area contributed by atoms with Crippen LogP contribution in [-0.4, -0.2) is 28.6 Å². The predicted octanol–water partition coefficient (Wildman–Crippen LogP) is 3.23. The lowest BCUT2D eigenvalue weighted by atomic mass is 10.0. The van der Waals surface area contributed by atoms with Gasteiger partial charge in [0.05, 0.1) is 0 Å². The first-order valence-electron chi connectivity index (χ1n) is 6.75. The van der Waals surface area contributed by atoms with Gasteiger partial charge in [-0.15, -0.1) is 10.3 Å². The van der Waals surface area contributed by atoms with E-state index in [-0.39, 0.29) is 11.7 Å². The van der Waals surface area contributed by atoms with Crippen LogP contribution in [0.15, 0.2) is 30.3 Å².